The van der Waals surface area contributed by atoms with Gasteiger partial charge >= 0.3 is 5.97 Å². The zero-order valence-electron chi connectivity index (χ0n) is 15.3. The number of benzene rings is 2. The normalized spacial score (nSPS) is 10.5. The van der Waals surface area contributed by atoms with E-state index < -0.39 is 5.97 Å². The standard InChI is InChI=1S/C21H26N2O3/c1-14-15(2)19(26-13-5-3-4-6-20(24)25)12-11-18(14)16-7-9-17(10-8-16)21(22)23/h7-12H,3-6,13H2,1-2H3,(H3,22,23)(H,24,25). The maximum atomic E-state index is 10.5. The molecule has 0 saturated heterocycles. The quantitative estimate of drug-likeness (QED) is 0.356. The third-order valence-electron chi connectivity index (χ3n) is 4.54. The minimum absolute atomic E-state index is 0.0663. The van der Waals surface area contributed by atoms with E-state index in [0.717, 1.165) is 40.8 Å². The van der Waals surface area contributed by atoms with E-state index in [4.69, 9.17) is 21.0 Å². The van der Waals surface area contributed by atoms with Crippen molar-refractivity contribution >= 4 is 11.8 Å². The monoisotopic (exact) mass is 354 g/mol. The van der Waals surface area contributed by atoms with E-state index in [2.05, 4.69) is 6.92 Å². The van der Waals surface area contributed by atoms with Crippen LogP contribution < -0.4 is 10.5 Å². The van der Waals surface area contributed by atoms with E-state index in [9.17, 15) is 4.79 Å². The number of amidine groups is 1. The second-order valence-electron chi connectivity index (χ2n) is 6.41. The van der Waals surface area contributed by atoms with Crippen LogP contribution in [0.4, 0.5) is 0 Å². The van der Waals surface area contributed by atoms with Gasteiger partial charge in [-0.3, -0.25) is 10.2 Å². The molecule has 0 aromatic heterocycles. The number of hydrogen-bond acceptors (Lipinski definition) is 3. The van der Waals surface area contributed by atoms with Crippen LogP contribution in [0.15, 0.2) is 36.4 Å². The number of carbonyl (C=O) groups is 1. The van der Waals surface area contributed by atoms with Crippen molar-refractivity contribution in [3.63, 3.8) is 0 Å². The number of hydrogen-bond donors (Lipinski definition) is 3. The summed E-state index contributed by atoms with van der Waals surface area (Å²) >= 11 is 0. The van der Waals surface area contributed by atoms with Gasteiger partial charge in [0.1, 0.15) is 11.6 Å². The molecule has 2 aromatic rings. The highest BCUT2D eigenvalue weighted by atomic mass is 16.5. The molecule has 0 saturated carbocycles. The molecule has 0 bridgehead atoms. The molecule has 0 amide bonds. The number of carboxylic acid groups (broad SMARTS) is 1. The van der Waals surface area contributed by atoms with Crippen LogP contribution in [0.1, 0.15) is 42.4 Å². The number of aliphatic carboxylic acids is 1. The Hall–Kier alpha value is -2.82. The SMILES string of the molecule is Cc1c(OCCCCCC(=O)O)ccc(-c2ccc(C(=N)N)cc2)c1C. The Balaban J connectivity index is 2.01. The first kappa shape index (κ1) is 19.5. The predicted molar refractivity (Wildman–Crippen MR) is 104 cm³/mol. The summed E-state index contributed by atoms with van der Waals surface area (Å²) in [6, 6.07) is 11.7. The molecule has 0 spiro atoms. The summed E-state index contributed by atoms with van der Waals surface area (Å²) in [6.45, 7) is 4.71. The van der Waals surface area contributed by atoms with Crippen molar-refractivity contribution in [1.82, 2.24) is 0 Å². The largest absolute Gasteiger partial charge is 0.493 e. The number of carboxylic acids is 1. The molecule has 0 aliphatic carbocycles. The van der Waals surface area contributed by atoms with Crippen molar-refractivity contribution in [1.29, 1.82) is 5.41 Å². The van der Waals surface area contributed by atoms with Crippen LogP contribution in [-0.2, 0) is 4.79 Å². The molecule has 0 aliphatic heterocycles. The van der Waals surface area contributed by atoms with E-state index in [1.165, 1.54) is 0 Å². The molecular formula is C21H26N2O3. The Morgan fingerprint density at radius 2 is 1.73 bits per heavy atom. The van der Waals surface area contributed by atoms with Crippen molar-refractivity contribution in [3.8, 4) is 16.9 Å². The maximum Gasteiger partial charge on any atom is 0.303 e. The molecular weight excluding hydrogens is 328 g/mol. The summed E-state index contributed by atoms with van der Waals surface area (Å²) < 4.78 is 5.87. The van der Waals surface area contributed by atoms with Crippen LogP contribution in [0.2, 0.25) is 0 Å². The van der Waals surface area contributed by atoms with Gasteiger partial charge in [0.25, 0.3) is 0 Å². The lowest BCUT2D eigenvalue weighted by atomic mass is 9.95. The summed E-state index contributed by atoms with van der Waals surface area (Å²) in [4.78, 5) is 10.5. The van der Waals surface area contributed by atoms with Gasteiger partial charge in [0, 0.05) is 12.0 Å². The van der Waals surface area contributed by atoms with Crippen LogP contribution >= 0.6 is 0 Å². The van der Waals surface area contributed by atoms with Gasteiger partial charge in [-0.2, -0.15) is 0 Å². The van der Waals surface area contributed by atoms with E-state index in [1.807, 2.05) is 43.3 Å². The molecule has 0 radical (unpaired) electrons. The molecule has 138 valence electrons. The van der Waals surface area contributed by atoms with E-state index >= 15 is 0 Å². The number of nitrogens with one attached hydrogen (secondary N) is 1. The second-order valence-corrected chi connectivity index (χ2v) is 6.41. The van der Waals surface area contributed by atoms with Gasteiger partial charge in [-0.25, -0.2) is 0 Å². The fourth-order valence-corrected chi connectivity index (χ4v) is 2.83. The average molecular weight is 354 g/mol. The Morgan fingerprint density at radius 1 is 1.04 bits per heavy atom. The van der Waals surface area contributed by atoms with Gasteiger partial charge in [-0.1, -0.05) is 30.3 Å². The van der Waals surface area contributed by atoms with Crippen molar-refractivity contribution < 1.29 is 14.6 Å². The highest BCUT2D eigenvalue weighted by Crippen LogP contribution is 2.31. The summed E-state index contributed by atoms with van der Waals surface area (Å²) in [6.07, 6.45) is 2.60. The Morgan fingerprint density at radius 3 is 2.35 bits per heavy atom. The number of ether oxygens (including phenoxy) is 1. The molecule has 2 aromatic carbocycles. The van der Waals surface area contributed by atoms with Gasteiger partial charge < -0.3 is 15.6 Å². The third-order valence-corrected chi connectivity index (χ3v) is 4.54. The molecule has 0 atom stereocenters. The molecule has 0 heterocycles. The third kappa shape index (κ3) is 5.09. The number of unbranched alkanes of at least 4 members (excludes halogenated alkanes) is 2. The molecule has 4 N–H and O–H groups in total. The van der Waals surface area contributed by atoms with Crippen molar-refractivity contribution in [2.75, 3.05) is 6.61 Å². The molecule has 0 aliphatic rings. The van der Waals surface area contributed by atoms with Crippen LogP contribution in [-0.4, -0.2) is 23.5 Å². The fourth-order valence-electron chi connectivity index (χ4n) is 2.83. The predicted octanol–water partition coefficient (Wildman–Crippen LogP) is 4.28. The number of nitrogens with two attached hydrogens (primary N) is 1. The van der Waals surface area contributed by atoms with Gasteiger partial charge in [-0.05, 0) is 61.4 Å². The van der Waals surface area contributed by atoms with E-state index in [1.54, 1.807) is 0 Å². The average Bonchev–Trinajstić information content (AvgIpc) is 2.61. The zero-order chi connectivity index (χ0) is 19.1. The summed E-state index contributed by atoms with van der Waals surface area (Å²) in [5.41, 5.74) is 10.7. The summed E-state index contributed by atoms with van der Waals surface area (Å²) in [5.74, 6) is 0.186. The van der Waals surface area contributed by atoms with Crippen molar-refractivity contribution in [3.05, 3.63) is 53.1 Å². The minimum Gasteiger partial charge on any atom is -0.493 e. The first-order chi connectivity index (χ1) is 12.4. The van der Waals surface area contributed by atoms with Crippen LogP contribution in [0.25, 0.3) is 11.1 Å². The zero-order valence-corrected chi connectivity index (χ0v) is 15.3. The van der Waals surface area contributed by atoms with Crippen molar-refractivity contribution in [2.45, 2.75) is 39.5 Å². The lowest BCUT2D eigenvalue weighted by Gasteiger charge is -2.15. The summed E-state index contributed by atoms with van der Waals surface area (Å²) in [7, 11) is 0. The van der Waals surface area contributed by atoms with Gasteiger partial charge in [0.15, 0.2) is 0 Å². The van der Waals surface area contributed by atoms with Crippen LogP contribution in [0.5, 0.6) is 5.75 Å². The topological polar surface area (TPSA) is 96.4 Å². The molecule has 5 nitrogen and oxygen atoms in total. The van der Waals surface area contributed by atoms with Crippen LogP contribution in [0, 0.1) is 19.3 Å². The molecule has 2 rings (SSSR count). The van der Waals surface area contributed by atoms with E-state index in [0.29, 0.717) is 18.6 Å². The highest BCUT2D eigenvalue weighted by Gasteiger charge is 2.09. The van der Waals surface area contributed by atoms with Gasteiger partial charge in [-0.15, -0.1) is 0 Å². The lowest BCUT2D eigenvalue weighted by Crippen LogP contribution is -2.10. The maximum absolute atomic E-state index is 10.5. The van der Waals surface area contributed by atoms with Crippen LogP contribution in [0.3, 0.4) is 0 Å². The molecule has 0 unspecified atom stereocenters. The second kappa shape index (κ2) is 9.04. The fraction of sp³-hybridized carbons (Fsp3) is 0.333. The number of rotatable bonds is 9. The Labute approximate surface area is 154 Å². The first-order valence-corrected chi connectivity index (χ1v) is 8.79. The Bertz CT molecular complexity index is 783. The first-order valence-electron chi connectivity index (χ1n) is 8.79. The lowest BCUT2D eigenvalue weighted by molar-refractivity contribution is -0.137. The summed E-state index contributed by atoms with van der Waals surface area (Å²) in [5, 5.41) is 16.1. The van der Waals surface area contributed by atoms with E-state index in [-0.39, 0.29) is 12.3 Å². The number of nitrogen functional groups attached to an aromatic ring is 1. The van der Waals surface area contributed by atoms with Gasteiger partial charge in [0.2, 0.25) is 0 Å². The van der Waals surface area contributed by atoms with Crippen molar-refractivity contribution in [2.24, 2.45) is 5.73 Å². The Kier molecular flexibility index (Phi) is 6.78. The molecule has 26 heavy (non-hydrogen) atoms. The molecule has 0 fully saturated rings. The molecule has 5 heteroatoms. The van der Waals surface area contributed by atoms with Gasteiger partial charge in [0.05, 0.1) is 6.61 Å². The smallest absolute Gasteiger partial charge is 0.303 e. The highest BCUT2D eigenvalue weighted by molar-refractivity contribution is 5.95. The minimum atomic E-state index is -0.746.